The van der Waals surface area contributed by atoms with Crippen LogP contribution in [-0.2, 0) is 24.3 Å². The Balaban J connectivity index is 1.56. The van der Waals surface area contributed by atoms with Gasteiger partial charge in [0.05, 0.1) is 23.9 Å². The summed E-state index contributed by atoms with van der Waals surface area (Å²) < 4.78 is 6.77. The van der Waals surface area contributed by atoms with Gasteiger partial charge in [-0.15, -0.1) is 11.3 Å². The van der Waals surface area contributed by atoms with Crippen LogP contribution in [0, 0.1) is 0 Å². The molecule has 0 amide bonds. The highest BCUT2D eigenvalue weighted by atomic mass is 32.2. The Morgan fingerprint density at radius 2 is 1.94 bits per heavy atom. The molecule has 34 heavy (non-hydrogen) atoms. The lowest BCUT2D eigenvalue weighted by Crippen LogP contribution is -2.30. The standard InChI is InChI=1S/C25H23N3O4S2/c1-32-18-9-7-17(8-10-18)28-24(31)22-19-11-12-27(13-16-5-3-2-4-6-16)14-20(19)34-23(22)26-25(28)33-15-21(29)30/h2-10H,11-15H2,1H3,(H,29,30). The fourth-order valence-electron chi connectivity index (χ4n) is 4.24. The fraction of sp³-hybridized carbons (Fsp3) is 0.240. The van der Waals surface area contributed by atoms with Crippen LogP contribution >= 0.6 is 23.1 Å². The molecular weight excluding hydrogens is 470 g/mol. The second-order valence-corrected chi connectivity index (χ2v) is 10.1. The zero-order valence-corrected chi connectivity index (χ0v) is 20.2. The van der Waals surface area contributed by atoms with Crippen LogP contribution in [0.15, 0.2) is 64.5 Å². The summed E-state index contributed by atoms with van der Waals surface area (Å²) in [7, 11) is 1.58. The summed E-state index contributed by atoms with van der Waals surface area (Å²) in [6, 6.07) is 17.5. The maximum absolute atomic E-state index is 13.8. The number of ether oxygens (including phenoxy) is 1. The van der Waals surface area contributed by atoms with Crippen LogP contribution in [0.2, 0.25) is 0 Å². The van der Waals surface area contributed by atoms with Crippen molar-refractivity contribution in [2.75, 3.05) is 19.4 Å². The Bertz CT molecular complexity index is 1400. The smallest absolute Gasteiger partial charge is 0.313 e. The number of hydrogen-bond donors (Lipinski definition) is 1. The molecule has 1 aliphatic rings. The number of thioether (sulfide) groups is 1. The summed E-state index contributed by atoms with van der Waals surface area (Å²) in [6.07, 6.45) is 0.781. The van der Waals surface area contributed by atoms with Gasteiger partial charge in [0.25, 0.3) is 5.56 Å². The lowest BCUT2D eigenvalue weighted by molar-refractivity contribution is -0.133. The summed E-state index contributed by atoms with van der Waals surface area (Å²) in [5.74, 6) is -0.455. The number of fused-ring (bicyclic) bond motifs is 3. The number of nitrogens with zero attached hydrogens (tertiary/aromatic N) is 3. The third-order valence-electron chi connectivity index (χ3n) is 5.83. The molecule has 1 N–H and O–H groups in total. The quantitative estimate of drug-likeness (QED) is 0.305. The first-order chi connectivity index (χ1) is 16.5. The van der Waals surface area contributed by atoms with Gasteiger partial charge in [0.15, 0.2) is 5.16 Å². The van der Waals surface area contributed by atoms with Crippen molar-refractivity contribution in [2.45, 2.75) is 24.7 Å². The van der Waals surface area contributed by atoms with E-state index >= 15 is 0 Å². The molecule has 9 heteroatoms. The van der Waals surface area contributed by atoms with Gasteiger partial charge < -0.3 is 9.84 Å². The van der Waals surface area contributed by atoms with Crippen LogP contribution in [-0.4, -0.2) is 44.9 Å². The Morgan fingerprint density at radius 1 is 1.18 bits per heavy atom. The van der Waals surface area contributed by atoms with E-state index in [-0.39, 0.29) is 11.3 Å². The Hall–Kier alpha value is -3.14. The highest BCUT2D eigenvalue weighted by Gasteiger charge is 2.26. The number of thiophene rings is 1. The molecule has 7 nitrogen and oxygen atoms in total. The molecule has 2 aromatic heterocycles. The lowest BCUT2D eigenvalue weighted by atomic mass is 10.0. The van der Waals surface area contributed by atoms with Gasteiger partial charge in [0.2, 0.25) is 0 Å². The predicted octanol–water partition coefficient (Wildman–Crippen LogP) is 4.19. The number of aliphatic carboxylic acids is 1. The molecule has 0 unspecified atom stereocenters. The monoisotopic (exact) mass is 493 g/mol. The molecule has 0 spiro atoms. The van der Waals surface area contributed by atoms with Gasteiger partial charge in [-0.25, -0.2) is 4.98 Å². The average Bonchev–Trinajstić information content (AvgIpc) is 3.21. The second-order valence-electron chi connectivity index (χ2n) is 8.05. The van der Waals surface area contributed by atoms with Crippen LogP contribution in [0.1, 0.15) is 16.0 Å². The minimum atomic E-state index is -0.956. The Morgan fingerprint density at radius 3 is 2.65 bits per heavy atom. The van der Waals surface area contributed by atoms with Gasteiger partial charge in [-0.3, -0.25) is 19.1 Å². The van der Waals surface area contributed by atoms with Crippen molar-refractivity contribution in [3.63, 3.8) is 0 Å². The molecule has 3 heterocycles. The van der Waals surface area contributed by atoms with E-state index in [9.17, 15) is 14.7 Å². The number of carbonyl (C=O) groups is 1. The highest BCUT2D eigenvalue weighted by molar-refractivity contribution is 7.99. The topological polar surface area (TPSA) is 84.7 Å². The predicted molar refractivity (Wildman–Crippen MR) is 134 cm³/mol. The molecule has 0 radical (unpaired) electrons. The minimum absolute atomic E-state index is 0.155. The Labute approximate surface area is 204 Å². The molecule has 5 rings (SSSR count). The van der Waals surface area contributed by atoms with Gasteiger partial charge >= 0.3 is 5.97 Å². The second kappa shape index (κ2) is 9.61. The van der Waals surface area contributed by atoms with Gasteiger partial charge in [-0.05, 0) is 41.8 Å². The van der Waals surface area contributed by atoms with Gasteiger partial charge in [-0.2, -0.15) is 0 Å². The van der Waals surface area contributed by atoms with Crippen LogP contribution in [0.5, 0.6) is 5.75 Å². The zero-order chi connectivity index (χ0) is 23.7. The van der Waals surface area contributed by atoms with E-state index in [2.05, 4.69) is 17.0 Å². The summed E-state index contributed by atoms with van der Waals surface area (Å²) in [4.78, 5) is 34.0. The lowest BCUT2D eigenvalue weighted by Gasteiger charge is -2.26. The molecule has 0 saturated carbocycles. The number of aromatic nitrogens is 2. The molecule has 0 atom stereocenters. The number of methoxy groups -OCH3 is 1. The van der Waals surface area contributed by atoms with Crippen molar-refractivity contribution in [1.82, 2.24) is 14.5 Å². The summed E-state index contributed by atoms with van der Waals surface area (Å²) in [5, 5.41) is 10.2. The SMILES string of the molecule is COc1ccc(-n2c(SCC(=O)O)nc3sc4c(c3c2=O)CCN(Cc2ccccc2)C4)cc1. The van der Waals surface area contributed by atoms with Crippen molar-refractivity contribution >= 4 is 39.3 Å². The normalized spacial score (nSPS) is 13.7. The van der Waals surface area contributed by atoms with Crippen LogP contribution < -0.4 is 10.3 Å². The van der Waals surface area contributed by atoms with E-state index < -0.39 is 5.97 Å². The first-order valence-electron chi connectivity index (χ1n) is 10.9. The summed E-state index contributed by atoms with van der Waals surface area (Å²) >= 11 is 2.59. The number of rotatable bonds is 7. The molecule has 0 bridgehead atoms. The largest absolute Gasteiger partial charge is 0.497 e. The van der Waals surface area contributed by atoms with E-state index in [0.29, 0.717) is 26.8 Å². The average molecular weight is 494 g/mol. The molecule has 0 aliphatic carbocycles. The van der Waals surface area contributed by atoms with E-state index in [4.69, 9.17) is 9.72 Å². The molecule has 0 fully saturated rings. The molecule has 2 aromatic carbocycles. The van der Waals surface area contributed by atoms with Gasteiger partial charge in [0.1, 0.15) is 10.6 Å². The first kappa shape index (κ1) is 22.6. The van der Waals surface area contributed by atoms with E-state index in [1.54, 1.807) is 31.4 Å². The zero-order valence-electron chi connectivity index (χ0n) is 18.6. The van der Waals surface area contributed by atoms with Crippen molar-refractivity contribution < 1.29 is 14.6 Å². The Kier molecular flexibility index (Phi) is 6.40. The third kappa shape index (κ3) is 4.46. The highest BCUT2D eigenvalue weighted by Crippen LogP contribution is 2.34. The van der Waals surface area contributed by atoms with E-state index in [1.807, 2.05) is 18.2 Å². The van der Waals surface area contributed by atoms with Gasteiger partial charge in [0, 0.05) is 24.5 Å². The number of carboxylic acid groups (broad SMARTS) is 1. The van der Waals surface area contributed by atoms with Crippen LogP contribution in [0.25, 0.3) is 15.9 Å². The number of carboxylic acids is 1. The first-order valence-corrected chi connectivity index (χ1v) is 12.7. The van der Waals surface area contributed by atoms with Crippen LogP contribution in [0.3, 0.4) is 0 Å². The molecule has 1 aliphatic heterocycles. The maximum Gasteiger partial charge on any atom is 0.313 e. The molecule has 174 valence electrons. The third-order valence-corrected chi connectivity index (χ3v) is 7.86. The van der Waals surface area contributed by atoms with Crippen molar-refractivity contribution in [3.05, 3.63) is 81.0 Å². The van der Waals surface area contributed by atoms with Crippen LogP contribution in [0.4, 0.5) is 0 Å². The van der Waals surface area contributed by atoms with E-state index in [1.165, 1.54) is 21.5 Å². The summed E-state index contributed by atoms with van der Waals surface area (Å²) in [5.41, 5.74) is 2.81. The number of benzene rings is 2. The maximum atomic E-state index is 13.8. The van der Waals surface area contributed by atoms with Crippen molar-refractivity contribution in [2.24, 2.45) is 0 Å². The molecular formula is C25H23N3O4S2. The number of hydrogen-bond acceptors (Lipinski definition) is 7. The molecule has 4 aromatic rings. The minimum Gasteiger partial charge on any atom is -0.497 e. The summed E-state index contributed by atoms with van der Waals surface area (Å²) in [6.45, 7) is 2.49. The molecule has 0 saturated heterocycles. The van der Waals surface area contributed by atoms with E-state index in [0.717, 1.165) is 48.3 Å². The fourth-order valence-corrected chi connectivity index (χ4v) is 6.27. The van der Waals surface area contributed by atoms with Crippen molar-refractivity contribution in [3.8, 4) is 11.4 Å². The van der Waals surface area contributed by atoms with Gasteiger partial charge in [-0.1, -0.05) is 42.1 Å². The van der Waals surface area contributed by atoms with Crippen molar-refractivity contribution in [1.29, 1.82) is 0 Å².